The van der Waals surface area contributed by atoms with Crippen molar-refractivity contribution < 1.29 is 4.79 Å². The molecule has 0 spiro atoms. The number of ketones is 1. The average Bonchev–Trinajstić information content (AvgIpc) is 2.35. The van der Waals surface area contributed by atoms with Crippen LogP contribution in [0.2, 0.25) is 0 Å². The maximum absolute atomic E-state index is 12.2. The highest BCUT2D eigenvalue weighted by molar-refractivity contribution is 5.97. The molecule has 1 heterocycles. The van der Waals surface area contributed by atoms with Crippen LogP contribution in [0.5, 0.6) is 0 Å². The van der Waals surface area contributed by atoms with Crippen LogP contribution in [0, 0.1) is 19.8 Å². The predicted octanol–water partition coefficient (Wildman–Crippen LogP) is 3.22. The summed E-state index contributed by atoms with van der Waals surface area (Å²) in [6, 6.07) is 6.02. The van der Waals surface area contributed by atoms with Gasteiger partial charge in [0.05, 0.1) is 6.54 Å². The van der Waals surface area contributed by atoms with Crippen molar-refractivity contribution in [2.24, 2.45) is 5.92 Å². The highest BCUT2D eigenvalue weighted by Crippen LogP contribution is 2.17. The SMILES string of the molecule is Cc1ccc(C(=O)CN2CCC(C)CC2)cc1C. The molecule has 0 aromatic heterocycles. The van der Waals surface area contributed by atoms with Crippen LogP contribution < -0.4 is 0 Å². The Bertz CT molecular complexity index is 431. The van der Waals surface area contributed by atoms with Crippen molar-refractivity contribution in [1.82, 2.24) is 4.90 Å². The molecule has 18 heavy (non-hydrogen) atoms. The van der Waals surface area contributed by atoms with E-state index in [1.54, 1.807) is 0 Å². The lowest BCUT2D eigenvalue weighted by atomic mass is 9.98. The first-order chi connectivity index (χ1) is 8.56. The fraction of sp³-hybridized carbons (Fsp3) is 0.562. The van der Waals surface area contributed by atoms with Crippen LogP contribution in [0.3, 0.4) is 0 Å². The second-order valence-corrected chi connectivity index (χ2v) is 5.68. The van der Waals surface area contributed by atoms with E-state index in [2.05, 4.69) is 25.7 Å². The molecule has 1 aromatic rings. The molecule has 1 fully saturated rings. The van der Waals surface area contributed by atoms with E-state index in [9.17, 15) is 4.79 Å². The summed E-state index contributed by atoms with van der Waals surface area (Å²) in [6.07, 6.45) is 2.44. The maximum Gasteiger partial charge on any atom is 0.176 e. The van der Waals surface area contributed by atoms with Crippen LogP contribution >= 0.6 is 0 Å². The van der Waals surface area contributed by atoms with Crippen LogP contribution in [-0.2, 0) is 0 Å². The summed E-state index contributed by atoms with van der Waals surface area (Å²) in [6.45, 7) is 9.15. The molecular formula is C16H23NO. The lowest BCUT2D eigenvalue weighted by Gasteiger charge is -2.29. The third-order valence-electron chi connectivity index (χ3n) is 4.07. The fourth-order valence-electron chi connectivity index (χ4n) is 2.43. The molecule has 0 saturated carbocycles. The molecule has 1 aromatic carbocycles. The zero-order valence-corrected chi connectivity index (χ0v) is 11.7. The van der Waals surface area contributed by atoms with Crippen LogP contribution in [0.15, 0.2) is 18.2 Å². The summed E-state index contributed by atoms with van der Waals surface area (Å²) in [5, 5.41) is 0. The van der Waals surface area contributed by atoms with Crippen molar-refractivity contribution in [2.75, 3.05) is 19.6 Å². The first-order valence-electron chi connectivity index (χ1n) is 6.89. The van der Waals surface area contributed by atoms with Crippen molar-refractivity contribution in [2.45, 2.75) is 33.6 Å². The van der Waals surface area contributed by atoms with Gasteiger partial charge < -0.3 is 0 Å². The molecule has 2 rings (SSSR count). The highest BCUT2D eigenvalue weighted by atomic mass is 16.1. The standard InChI is InChI=1S/C16H23NO/c1-12-6-8-17(9-7-12)11-16(18)15-5-4-13(2)14(3)10-15/h4-5,10,12H,6-9,11H2,1-3H3. The molecular weight excluding hydrogens is 222 g/mol. The summed E-state index contributed by atoms with van der Waals surface area (Å²) in [5.74, 6) is 1.07. The Kier molecular flexibility index (Phi) is 4.18. The molecule has 1 aliphatic rings. The normalized spacial score (nSPS) is 17.9. The summed E-state index contributed by atoms with van der Waals surface area (Å²) in [7, 11) is 0. The minimum atomic E-state index is 0.257. The number of piperidine rings is 1. The number of benzene rings is 1. The van der Waals surface area contributed by atoms with Gasteiger partial charge in [0.15, 0.2) is 5.78 Å². The van der Waals surface area contributed by atoms with Gasteiger partial charge in [-0.2, -0.15) is 0 Å². The van der Waals surface area contributed by atoms with E-state index in [0.29, 0.717) is 6.54 Å². The molecule has 0 unspecified atom stereocenters. The fourth-order valence-corrected chi connectivity index (χ4v) is 2.43. The topological polar surface area (TPSA) is 20.3 Å². The third kappa shape index (κ3) is 3.20. The lowest BCUT2D eigenvalue weighted by Crippen LogP contribution is -2.36. The highest BCUT2D eigenvalue weighted by Gasteiger charge is 2.18. The number of aryl methyl sites for hydroxylation is 2. The molecule has 1 saturated heterocycles. The molecule has 0 N–H and O–H groups in total. The van der Waals surface area contributed by atoms with E-state index < -0.39 is 0 Å². The van der Waals surface area contributed by atoms with Gasteiger partial charge >= 0.3 is 0 Å². The zero-order chi connectivity index (χ0) is 13.1. The van der Waals surface area contributed by atoms with Gasteiger partial charge in [-0.3, -0.25) is 9.69 Å². The van der Waals surface area contributed by atoms with Gasteiger partial charge in [0, 0.05) is 5.56 Å². The molecule has 0 bridgehead atoms. The van der Waals surface area contributed by atoms with Gasteiger partial charge in [-0.05, 0) is 62.9 Å². The Morgan fingerprint density at radius 1 is 1.22 bits per heavy atom. The third-order valence-corrected chi connectivity index (χ3v) is 4.07. The summed E-state index contributed by atoms with van der Waals surface area (Å²) < 4.78 is 0. The van der Waals surface area contributed by atoms with Crippen LogP contribution in [0.25, 0.3) is 0 Å². The minimum absolute atomic E-state index is 0.257. The van der Waals surface area contributed by atoms with Crippen molar-refractivity contribution in [1.29, 1.82) is 0 Å². The number of hydrogen-bond donors (Lipinski definition) is 0. The van der Waals surface area contributed by atoms with Crippen molar-refractivity contribution in [3.05, 3.63) is 34.9 Å². The van der Waals surface area contributed by atoms with E-state index in [-0.39, 0.29) is 5.78 Å². The van der Waals surface area contributed by atoms with Gasteiger partial charge in [0.1, 0.15) is 0 Å². The van der Waals surface area contributed by atoms with E-state index >= 15 is 0 Å². The number of hydrogen-bond acceptors (Lipinski definition) is 2. The summed E-state index contributed by atoms with van der Waals surface area (Å²) in [4.78, 5) is 14.5. The first kappa shape index (κ1) is 13.3. The van der Waals surface area contributed by atoms with Crippen LogP contribution in [0.4, 0.5) is 0 Å². The second-order valence-electron chi connectivity index (χ2n) is 5.68. The second kappa shape index (κ2) is 5.66. The van der Waals surface area contributed by atoms with Crippen molar-refractivity contribution in [3.8, 4) is 0 Å². The monoisotopic (exact) mass is 245 g/mol. The Labute approximate surface area is 110 Å². The smallest absolute Gasteiger partial charge is 0.176 e. The van der Waals surface area contributed by atoms with Crippen LogP contribution in [0.1, 0.15) is 41.3 Å². The molecule has 98 valence electrons. The quantitative estimate of drug-likeness (QED) is 0.762. The maximum atomic E-state index is 12.2. The lowest BCUT2D eigenvalue weighted by molar-refractivity contribution is 0.0899. The Hall–Kier alpha value is -1.15. The molecule has 0 radical (unpaired) electrons. The molecule has 0 amide bonds. The largest absolute Gasteiger partial charge is 0.296 e. The average molecular weight is 245 g/mol. The Balaban J connectivity index is 1.97. The summed E-state index contributed by atoms with van der Waals surface area (Å²) in [5.41, 5.74) is 3.31. The van der Waals surface area contributed by atoms with E-state index in [4.69, 9.17) is 0 Å². The minimum Gasteiger partial charge on any atom is -0.296 e. The molecule has 1 aliphatic heterocycles. The summed E-state index contributed by atoms with van der Waals surface area (Å²) >= 11 is 0. The number of Topliss-reactive ketones (excluding diaryl/α,β-unsaturated/α-hetero) is 1. The molecule has 0 aliphatic carbocycles. The number of nitrogens with zero attached hydrogens (tertiary/aromatic N) is 1. The van der Waals surface area contributed by atoms with Crippen molar-refractivity contribution in [3.63, 3.8) is 0 Å². The molecule has 0 atom stereocenters. The van der Waals surface area contributed by atoms with Gasteiger partial charge in [-0.1, -0.05) is 19.1 Å². The molecule has 2 nitrogen and oxygen atoms in total. The van der Waals surface area contributed by atoms with E-state index in [1.165, 1.54) is 24.0 Å². The predicted molar refractivity (Wildman–Crippen MR) is 75.1 cm³/mol. The van der Waals surface area contributed by atoms with Gasteiger partial charge in [0.2, 0.25) is 0 Å². The number of carbonyl (C=O) groups is 1. The Morgan fingerprint density at radius 3 is 2.50 bits per heavy atom. The zero-order valence-electron chi connectivity index (χ0n) is 11.7. The van der Waals surface area contributed by atoms with E-state index in [1.807, 2.05) is 18.2 Å². The number of rotatable bonds is 3. The van der Waals surface area contributed by atoms with Gasteiger partial charge in [-0.15, -0.1) is 0 Å². The van der Waals surface area contributed by atoms with Gasteiger partial charge in [0.25, 0.3) is 0 Å². The number of carbonyl (C=O) groups excluding carboxylic acids is 1. The van der Waals surface area contributed by atoms with Gasteiger partial charge in [-0.25, -0.2) is 0 Å². The van der Waals surface area contributed by atoms with Crippen LogP contribution in [-0.4, -0.2) is 30.3 Å². The van der Waals surface area contributed by atoms with E-state index in [0.717, 1.165) is 24.6 Å². The van der Waals surface area contributed by atoms with Crippen molar-refractivity contribution >= 4 is 5.78 Å². The molecule has 2 heteroatoms. The number of likely N-dealkylation sites (tertiary alicyclic amines) is 1. The first-order valence-corrected chi connectivity index (χ1v) is 6.89. The Morgan fingerprint density at radius 2 is 1.89 bits per heavy atom.